The molecule has 0 bridgehead atoms. The molecule has 5 rings (SSSR count). The van der Waals surface area contributed by atoms with E-state index in [1.54, 1.807) is 13.3 Å². The van der Waals surface area contributed by atoms with Gasteiger partial charge in [-0.15, -0.1) is 5.10 Å². The number of hydrogen-bond acceptors (Lipinski definition) is 7. The zero-order valence-corrected chi connectivity index (χ0v) is 21.1. The predicted molar refractivity (Wildman–Crippen MR) is 138 cm³/mol. The number of fused-ring (bicyclic) bond motifs is 1. The smallest absolute Gasteiger partial charge is 0.252 e. The molecule has 3 aromatic heterocycles. The van der Waals surface area contributed by atoms with E-state index >= 15 is 0 Å². The quantitative estimate of drug-likeness (QED) is 0.372. The first kappa shape index (κ1) is 24.1. The number of aromatic amines is 1. The van der Waals surface area contributed by atoms with Crippen LogP contribution < -0.4 is 10.3 Å². The third-order valence-corrected chi connectivity index (χ3v) is 7.09. The molecule has 1 fully saturated rings. The Kier molecular flexibility index (Phi) is 7.09. The molecule has 36 heavy (non-hydrogen) atoms. The molecule has 1 aliphatic rings. The molecule has 1 aliphatic carbocycles. The Morgan fingerprint density at radius 1 is 1.17 bits per heavy atom. The van der Waals surface area contributed by atoms with Crippen molar-refractivity contribution in [2.24, 2.45) is 5.92 Å². The van der Waals surface area contributed by atoms with E-state index in [4.69, 9.17) is 4.74 Å². The van der Waals surface area contributed by atoms with E-state index in [0.29, 0.717) is 24.7 Å². The van der Waals surface area contributed by atoms with Crippen LogP contribution >= 0.6 is 0 Å². The van der Waals surface area contributed by atoms with Gasteiger partial charge in [0.2, 0.25) is 0 Å². The molecular weight excluding hydrogens is 454 g/mol. The van der Waals surface area contributed by atoms with E-state index < -0.39 is 0 Å². The van der Waals surface area contributed by atoms with Crippen LogP contribution in [-0.2, 0) is 13.1 Å². The number of methoxy groups -OCH3 is 1. The number of aromatic nitrogens is 6. The van der Waals surface area contributed by atoms with Crippen LogP contribution in [0.25, 0.3) is 10.9 Å². The Labute approximate surface area is 210 Å². The molecular formula is C27H33N7O2. The Hall–Kier alpha value is -3.59. The van der Waals surface area contributed by atoms with Gasteiger partial charge in [-0.05, 0) is 65.1 Å². The number of ether oxygens (including phenoxy) is 1. The number of nitrogens with zero attached hydrogens (tertiary/aromatic N) is 6. The lowest BCUT2D eigenvalue weighted by Gasteiger charge is -2.34. The molecule has 3 heterocycles. The predicted octanol–water partition coefficient (Wildman–Crippen LogP) is 4.43. The van der Waals surface area contributed by atoms with Crippen molar-refractivity contribution in [2.75, 3.05) is 7.11 Å². The lowest BCUT2D eigenvalue weighted by molar-refractivity contribution is 0.123. The lowest BCUT2D eigenvalue weighted by atomic mass is 9.99. The van der Waals surface area contributed by atoms with Crippen molar-refractivity contribution in [3.8, 4) is 5.75 Å². The maximum Gasteiger partial charge on any atom is 0.252 e. The second kappa shape index (κ2) is 10.6. The third kappa shape index (κ3) is 5.02. The zero-order valence-electron chi connectivity index (χ0n) is 21.1. The molecule has 0 unspecified atom stereocenters. The number of H-pyrrole nitrogens is 1. The molecule has 1 N–H and O–H groups in total. The van der Waals surface area contributed by atoms with Crippen molar-refractivity contribution in [3.63, 3.8) is 0 Å². The van der Waals surface area contributed by atoms with Gasteiger partial charge < -0.3 is 9.72 Å². The summed E-state index contributed by atoms with van der Waals surface area (Å²) in [6.45, 7) is 5.43. The molecule has 188 valence electrons. The number of hydrogen-bond donors (Lipinski definition) is 1. The summed E-state index contributed by atoms with van der Waals surface area (Å²) in [5.41, 5.74) is 2.45. The lowest BCUT2D eigenvalue weighted by Crippen LogP contribution is -2.35. The van der Waals surface area contributed by atoms with Crippen molar-refractivity contribution in [1.29, 1.82) is 0 Å². The van der Waals surface area contributed by atoms with Gasteiger partial charge in [-0.3, -0.25) is 14.7 Å². The van der Waals surface area contributed by atoms with Gasteiger partial charge in [0.25, 0.3) is 5.56 Å². The number of pyridine rings is 2. The van der Waals surface area contributed by atoms with Crippen LogP contribution in [0.3, 0.4) is 0 Å². The molecule has 0 radical (unpaired) electrons. The van der Waals surface area contributed by atoms with Crippen LogP contribution in [0.4, 0.5) is 0 Å². The third-order valence-electron chi connectivity index (χ3n) is 7.09. The number of tetrazole rings is 1. The fourth-order valence-corrected chi connectivity index (χ4v) is 5.36. The minimum atomic E-state index is -0.0956. The molecule has 0 saturated heterocycles. The van der Waals surface area contributed by atoms with Gasteiger partial charge in [0.15, 0.2) is 5.82 Å². The SMILES string of the molecule is COc1ccc2[nH]c(=O)c(CN(Cc3cccnc3)[C@H](c3nnnn3C3CCCC3)C(C)C)cc2c1. The summed E-state index contributed by atoms with van der Waals surface area (Å²) in [7, 11) is 1.64. The zero-order chi connectivity index (χ0) is 25.1. The highest BCUT2D eigenvalue weighted by molar-refractivity contribution is 5.80. The highest BCUT2D eigenvalue weighted by Gasteiger charge is 2.32. The summed E-state index contributed by atoms with van der Waals surface area (Å²) in [6.07, 6.45) is 8.24. The van der Waals surface area contributed by atoms with E-state index in [0.717, 1.165) is 40.9 Å². The Morgan fingerprint density at radius 2 is 2.00 bits per heavy atom. The summed E-state index contributed by atoms with van der Waals surface area (Å²) in [4.78, 5) is 22.8. The first-order chi connectivity index (χ1) is 17.5. The average Bonchev–Trinajstić information content (AvgIpc) is 3.57. The van der Waals surface area contributed by atoms with Crippen LogP contribution in [0.2, 0.25) is 0 Å². The maximum absolute atomic E-state index is 13.2. The van der Waals surface area contributed by atoms with Crippen molar-refractivity contribution in [1.82, 2.24) is 35.1 Å². The summed E-state index contributed by atoms with van der Waals surface area (Å²) in [6, 6.07) is 11.9. The topological polar surface area (TPSA) is 102 Å². The minimum absolute atomic E-state index is 0.0822. The fraction of sp³-hybridized carbons (Fsp3) is 0.444. The van der Waals surface area contributed by atoms with Gasteiger partial charge in [-0.2, -0.15) is 0 Å². The van der Waals surface area contributed by atoms with E-state index in [2.05, 4.69) is 50.3 Å². The monoisotopic (exact) mass is 487 g/mol. The highest BCUT2D eigenvalue weighted by Crippen LogP contribution is 2.35. The molecule has 1 atom stereocenters. The molecule has 1 aromatic carbocycles. The Morgan fingerprint density at radius 3 is 2.72 bits per heavy atom. The second-order valence-corrected chi connectivity index (χ2v) is 9.95. The summed E-state index contributed by atoms with van der Waals surface area (Å²) >= 11 is 0. The molecule has 0 amide bonds. The van der Waals surface area contributed by atoms with Crippen molar-refractivity contribution in [2.45, 2.75) is 64.7 Å². The van der Waals surface area contributed by atoms with Gasteiger partial charge in [0.05, 0.1) is 19.2 Å². The summed E-state index contributed by atoms with van der Waals surface area (Å²) < 4.78 is 7.43. The molecule has 9 heteroatoms. The van der Waals surface area contributed by atoms with Gasteiger partial charge in [0, 0.05) is 41.9 Å². The maximum atomic E-state index is 13.2. The fourth-order valence-electron chi connectivity index (χ4n) is 5.36. The van der Waals surface area contributed by atoms with Crippen LogP contribution in [0.1, 0.15) is 68.6 Å². The van der Waals surface area contributed by atoms with E-state index in [1.165, 1.54) is 12.8 Å². The largest absolute Gasteiger partial charge is 0.497 e. The molecule has 1 saturated carbocycles. The van der Waals surface area contributed by atoms with Crippen LogP contribution in [0.5, 0.6) is 5.75 Å². The number of benzene rings is 1. The average molecular weight is 488 g/mol. The van der Waals surface area contributed by atoms with Gasteiger partial charge in [-0.1, -0.05) is 32.8 Å². The Balaban J connectivity index is 1.56. The van der Waals surface area contributed by atoms with Gasteiger partial charge >= 0.3 is 0 Å². The molecule has 9 nitrogen and oxygen atoms in total. The minimum Gasteiger partial charge on any atom is -0.497 e. The van der Waals surface area contributed by atoms with E-state index in [-0.39, 0.29) is 17.5 Å². The molecule has 4 aromatic rings. The first-order valence-electron chi connectivity index (χ1n) is 12.6. The van der Waals surface area contributed by atoms with Gasteiger partial charge in [-0.25, -0.2) is 4.68 Å². The van der Waals surface area contributed by atoms with E-state index in [9.17, 15) is 4.79 Å². The molecule has 0 aliphatic heterocycles. The first-order valence-corrected chi connectivity index (χ1v) is 12.6. The van der Waals surface area contributed by atoms with Crippen LogP contribution in [0, 0.1) is 5.92 Å². The summed E-state index contributed by atoms with van der Waals surface area (Å²) in [5, 5.41) is 14.0. The second-order valence-electron chi connectivity index (χ2n) is 9.95. The van der Waals surface area contributed by atoms with Crippen molar-refractivity contribution < 1.29 is 4.74 Å². The van der Waals surface area contributed by atoms with Crippen molar-refractivity contribution in [3.05, 3.63) is 76.1 Å². The highest BCUT2D eigenvalue weighted by atomic mass is 16.5. The van der Waals surface area contributed by atoms with Crippen molar-refractivity contribution >= 4 is 10.9 Å². The number of rotatable bonds is 9. The standard InChI is InChI=1S/C27H33N7O2/c1-18(2)25(26-30-31-32-34(26)22-8-4-5-9-22)33(16-19-7-6-12-28-15-19)17-21-13-20-14-23(36-3)10-11-24(20)29-27(21)35/h6-7,10-15,18,22,25H,4-5,8-9,16-17H2,1-3H3,(H,29,35)/t25-/m0/s1. The number of nitrogens with one attached hydrogen (secondary N) is 1. The Bertz CT molecular complexity index is 1360. The van der Waals surface area contributed by atoms with Gasteiger partial charge in [0.1, 0.15) is 5.75 Å². The summed E-state index contributed by atoms with van der Waals surface area (Å²) in [5.74, 6) is 1.83. The normalized spacial score (nSPS) is 15.2. The molecule has 0 spiro atoms. The van der Waals surface area contributed by atoms with E-state index in [1.807, 2.05) is 41.2 Å². The van der Waals surface area contributed by atoms with Crippen LogP contribution in [0.15, 0.2) is 53.6 Å². The van der Waals surface area contributed by atoms with Crippen LogP contribution in [-0.4, -0.2) is 42.2 Å².